The third kappa shape index (κ3) is 5.88. The monoisotopic (exact) mass is 104 g/mol. The molecule has 7 heavy (non-hydrogen) atoms. The van der Waals surface area contributed by atoms with Crippen LogP contribution in [-0.4, -0.2) is 16.2 Å². The molecule has 0 amide bonds. The van der Waals surface area contributed by atoms with Gasteiger partial charge in [-0.3, -0.25) is 0 Å². The summed E-state index contributed by atoms with van der Waals surface area (Å²) in [4.78, 5) is 0. The first kappa shape index (κ1) is 6.88. The van der Waals surface area contributed by atoms with Crippen LogP contribution in [0.25, 0.3) is 0 Å². The first-order chi connectivity index (χ1) is 3.06. The Morgan fingerprint density at radius 3 is 2.00 bits per heavy atom. The van der Waals surface area contributed by atoms with E-state index in [-0.39, 0.29) is 12.8 Å². The van der Waals surface area contributed by atoms with Crippen molar-refractivity contribution in [2.24, 2.45) is 0 Å². The summed E-state index contributed by atoms with van der Waals surface area (Å²) in [6.07, 6.45) is 0.0312. The minimum Gasteiger partial charge on any atom is -0.342 e. The Bertz CT molecular complexity index is 45.4. The molecule has 0 unspecified atom stereocenters. The molecule has 0 aromatic carbocycles. The summed E-state index contributed by atoms with van der Waals surface area (Å²) in [5, 5.41) is 25.7. The van der Waals surface area contributed by atoms with Gasteiger partial charge in [-0.1, -0.05) is 6.92 Å². The molecular weight excluding hydrogens is 96.0 g/mol. The molecule has 3 heteroatoms. The van der Waals surface area contributed by atoms with E-state index in [2.05, 4.69) is 6.92 Å². The molecule has 0 fully saturated rings. The van der Waals surface area contributed by atoms with Gasteiger partial charge in [-0.2, -0.15) is 5.11 Å². The van der Waals surface area contributed by atoms with E-state index in [1.807, 2.05) is 0 Å². The van der Waals surface area contributed by atoms with Crippen LogP contribution in [0.5, 0.6) is 0 Å². The van der Waals surface area contributed by atoms with Gasteiger partial charge in [0.25, 0.3) is 0 Å². The summed E-state index contributed by atoms with van der Waals surface area (Å²) in [6, 6.07) is 0. The van der Waals surface area contributed by atoms with E-state index in [4.69, 9.17) is 10.2 Å². The molecule has 0 aromatic heterocycles. The fourth-order valence-corrected chi connectivity index (χ4v) is 0.230. The van der Waals surface area contributed by atoms with Crippen molar-refractivity contribution in [2.45, 2.75) is 18.8 Å². The molecule has 0 bridgehead atoms. The Morgan fingerprint density at radius 2 is 2.00 bits per heavy atom. The molecule has 0 aliphatic heterocycles. The molecular formula is C4H8O3. The summed E-state index contributed by atoms with van der Waals surface area (Å²) in [7, 11) is 0. The number of rotatable bonds is 2. The second kappa shape index (κ2) is 2.26. The van der Waals surface area contributed by atoms with Crippen LogP contribution in [-0.2, 0) is 5.11 Å². The van der Waals surface area contributed by atoms with Crippen molar-refractivity contribution in [3.05, 3.63) is 6.92 Å². The zero-order valence-corrected chi connectivity index (χ0v) is 3.92. The fraction of sp³-hybridized carbons (Fsp3) is 0.750. The Hall–Kier alpha value is -0.120. The average molecular weight is 104 g/mol. The van der Waals surface area contributed by atoms with E-state index >= 15 is 0 Å². The SMILES string of the molecule is [CH2]CCC([O])(O)O. The normalized spacial score (nSPS) is 12.0. The van der Waals surface area contributed by atoms with Gasteiger partial charge in [0.1, 0.15) is 0 Å². The highest BCUT2D eigenvalue weighted by Crippen LogP contribution is 2.02. The van der Waals surface area contributed by atoms with Gasteiger partial charge >= 0.3 is 5.97 Å². The van der Waals surface area contributed by atoms with Crippen molar-refractivity contribution in [2.75, 3.05) is 0 Å². The Morgan fingerprint density at radius 1 is 1.57 bits per heavy atom. The van der Waals surface area contributed by atoms with Crippen molar-refractivity contribution < 1.29 is 15.3 Å². The van der Waals surface area contributed by atoms with E-state index < -0.39 is 5.97 Å². The van der Waals surface area contributed by atoms with Gasteiger partial charge < -0.3 is 10.2 Å². The molecule has 0 saturated heterocycles. The maximum atomic E-state index is 9.77. The molecule has 42 valence electrons. The van der Waals surface area contributed by atoms with Crippen LogP contribution in [0.4, 0.5) is 0 Å². The second-order valence-electron chi connectivity index (χ2n) is 1.35. The Labute approximate surface area is 42.2 Å². The van der Waals surface area contributed by atoms with E-state index in [9.17, 15) is 5.11 Å². The zero-order chi connectivity index (χ0) is 5.91. The second-order valence-corrected chi connectivity index (χ2v) is 1.35. The fourth-order valence-electron chi connectivity index (χ4n) is 0.230. The summed E-state index contributed by atoms with van der Waals surface area (Å²) >= 11 is 0. The van der Waals surface area contributed by atoms with Crippen LogP contribution in [0, 0.1) is 6.92 Å². The van der Waals surface area contributed by atoms with Crippen molar-refractivity contribution in [1.29, 1.82) is 0 Å². The van der Waals surface area contributed by atoms with Crippen LogP contribution in [0.2, 0.25) is 0 Å². The molecule has 0 aliphatic carbocycles. The predicted molar refractivity (Wildman–Crippen MR) is 22.4 cm³/mol. The van der Waals surface area contributed by atoms with E-state index in [1.54, 1.807) is 0 Å². The summed E-state index contributed by atoms with van der Waals surface area (Å²) in [5.74, 6) is -2.76. The maximum Gasteiger partial charge on any atom is 0.307 e. The van der Waals surface area contributed by atoms with Crippen molar-refractivity contribution in [1.82, 2.24) is 0 Å². The molecule has 0 rings (SSSR count). The molecule has 0 saturated carbocycles. The van der Waals surface area contributed by atoms with Gasteiger partial charge in [0.2, 0.25) is 0 Å². The molecule has 2 radical (unpaired) electrons. The lowest BCUT2D eigenvalue weighted by molar-refractivity contribution is -0.346. The third-order valence-corrected chi connectivity index (χ3v) is 0.502. The highest BCUT2D eigenvalue weighted by Gasteiger charge is 2.17. The minimum atomic E-state index is -2.76. The van der Waals surface area contributed by atoms with Gasteiger partial charge in [-0.25, -0.2) is 0 Å². The van der Waals surface area contributed by atoms with Crippen molar-refractivity contribution >= 4 is 0 Å². The highest BCUT2D eigenvalue weighted by atomic mass is 16.7. The van der Waals surface area contributed by atoms with Crippen LogP contribution in [0.1, 0.15) is 12.8 Å². The number of hydrogen-bond acceptors (Lipinski definition) is 2. The molecule has 3 nitrogen and oxygen atoms in total. The molecule has 0 spiro atoms. The zero-order valence-electron chi connectivity index (χ0n) is 3.92. The molecule has 0 heterocycles. The van der Waals surface area contributed by atoms with Gasteiger partial charge in [0.05, 0.1) is 0 Å². The minimum absolute atomic E-state index is 0.215. The lowest BCUT2D eigenvalue weighted by atomic mass is 10.3. The van der Waals surface area contributed by atoms with Crippen molar-refractivity contribution in [3.63, 3.8) is 0 Å². The molecule has 2 N–H and O–H groups in total. The largest absolute Gasteiger partial charge is 0.342 e. The Kier molecular flexibility index (Phi) is 2.22. The smallest absolute Gasteiger partial charge is 0.307 e. The predicted octanol–water partition coefficient (Wildman–Crippen LogP) is -0.330. The standard InChI is InChI=1S/C4H8O3/c1-2-3-4(5,6)7/h5-6H,1-3H2. The maximum absolute atomic E-state index is 9.77. The van der Waals surface area contributed by atoms with Crippen LogP contribution in [0.3, 0.4) is 0 Å². The first-order valence-electron chi connectivity index (χ1n) is 2.00. The third-order valence-electron chi connectivity index (χ3n) is 0.502. The topological polar surface area (TPSA) is 60.4 Å². The van der Waals surface area contributed by atoms with Gasteiger partial charge in [-0.15, -0.1) is 0 Å². The molecule has 0 aromatic rings. The van der Waals surface area contributed by atoms with Crippen LogP contribution >= 0.6 is 0 Å². The lowest BCUT2D eigenvalue weighted by Crippen LogP contribution is -2.24. The average Bonchev–Trinajstić information content (AvgIpc) is 1.30. The van der Waals surface area contributed by atoms with Gasteiger partial charge in [0, 0.05) is 6.42 Å². The van der Waals surface area contributed by atoms with Crippen LogP contribution < -0.4 is 0 Å². The molecule has 0 atom stereocenters. The van der Waals surface area contributed by atoms with Crippen molar-refractivity contribution in [3.8, 4) is 0 Å². The van der Waals surface area contributed by atoms with Crippen LogP contribution in [0.15, 0.2) is 0 Å². The quantitative estimate of drug-likeness (QED) is 0.471. The highest BCUT2D eigenvalue weighted by molar-refractivity contribution is 4.47. The van der Waals surface area contributed by atoms with E-state index in [1.165, 1.54) is 0 Å². The Balaban J connectivity index is 3.15. The summed E-state index contributed by atoms with van der Waals surface area (Å²) in [6.45, 7) is 3.25. The first-order valence-corrected chi connectivity index (χ1v) is 2.00. The molecule has 0 aliphatic rings. The lowest BCUT2D eigenvalue weighted by Gasteiger charge is -2.07. The number of aliphatic hydroxyl groups is 2. The summed E-state index contributed by atoms with van der Waals surface area (Å²) in [5.41, 5.74) is 0. The number of hydrogen-bond donors (Lipinski definition) is 2. The summed E-state index contributed by atoms with van der Waals surface area (Å²) < 4.78 is 0. The van der Waals surface area contributed by atoms with Gasteiger partial charge in [0.15, 0.2) is 0 Å². The van der Waals surface area contributed by atoms with E-state index in [0.29, 0.717) is 0 Å². The van der Waals surface area contributed by atoms with Gasteiger partial charge in [-0.05, 0) is 6.42 Å². The van der Waals surface area contributed by atoms with E-state index in [0.717, 1.165) is 0 Å².